The molecule has 0 aliphatic carbocycles. The van der Waals surface area contributed by atoms with Crippen molar-refractivity contribution in [1.29, 1.82) is 0 Å². The fraction of sp³-hybridized carbons (Fsp3) is 0.368. The summed E-state index contributed by atoms with van der Waals surface area (Å²) in [6, 6.07) is 11.7. The molecule has 2 aromatic carbocycles. The van der Waals surface area contributed by atoms with Gasteiger partial charge < -0.3 is 23.7 Å². The highest BCUT2D eigenvalue weighted by molar-refractivity contribution is 5.56. The first-order valence-electron chi connectivity index (χ1n) is 7.92. The lowest BCUT2D eigenvalue weighted by Crippen LogP contribution is -2.35. The summed E-state index contributed by atoms with van der Waals surface area (Å²) in [5, 5.41) is 0. The third-order valence-corrected chi connectivity index (χ3v) is 4.71. The van der Waals surface area contributed by atoms with E-state index in [1.807, 2.05) is 36.4 Å². The first-order chi connectivity index (χ1) is 11.7. The standard InChI is InChI=1S/C19H20O5/c1-20-13-6-4-12(5-7-13)19-16-8-9-17(21-2)18(22-3)15(16)10-14(24-19)11-23-19/h4-9,14H,10-11H2,1-3H3/t14-,19+/m0/s1. The molecule has 2 aliphatic heterocycles. The third kappa shape index (κ3) is 2.08. The Morgan fingerprint density at radius 1 is 0.958 bits per heavy atom. The Morgan fingerprint density at radius 2 is 1.75 bits per heavy atom. The number of rotatable bonds is 4. The van der Waals surface area contributed by atoms with Crippen LogP contribution in [0.4, 0.5) is 0 Å². The Labute approximate surface area is 141 Å². The fourth-order valence-corrected chi connectivity index (χ4v) is 3.60. The minimum Gasteiger partial charge on any atom is -0.497 e. The molecule has 0 radical (unpaired) electrons. The zero-order chi connectivity index (χ0) is 16.7. The van der Waals surface area contributed by atoms with Gasteiger partial charge in [-0.05, 0) is 36.4 Å². The summed E-state index contributed by atoms with van der Waals surface area (Å²) in [7, 11) is 4.96. The van der Waals surface area contributed by atoms with Crippen molar-refractivity contribution in [2.75, 3.05) is 27.9 Å². The van der Waals surface area contributed by atoms with Crippen molar-refractivity contribution in [1.82, 2.24) is 0 Å². The highest BCUT2D eigenvalue weighted by Crippen LogP contribution is 2.50. The molecule has 2 aromatic rings. The molecular formula is C19H20O5. The normalized spacial score (nSPS) is 24.4. The molecule has 5 nitrogen and oxygen atoms in total. The van der Waals surface area contributed by atoms with Crippen LogP contribution in [0.15, 0.2) is 36.4 Å². The number of hydrogen-bond acceptors (Lipinski definition) is 5. The molecule has 4 rings (SSSR count). The number of fused-ring (bicyclic) bond motifs is 4. The van der Waals surface area contributed by atoms with Gasteiger partial charge in [-0.2, -0.15) is 0 Å². The second-order valence-electron chi connectivity index (χ2n) is 5.93. The second kappa shape index (κ2) is 5.69. The zero-order valence-electron chi connectivity index (χ0n) is 14.0. The van der Waals surface area contributed by atoms with Crippen molar-refractivity contribution < 1.29 is 23.7 Å². The summed E-state index contributed by atoms with van der Waals surface area (Å²) in [6.45, 7) is 0.548. The van der Waals surface area contributed by atoms with E-state index < -0.39 is 5.79 Å². The molecule has 5 heteroatoms. The van der Waals surface area contributed by atoms with E-state index in [1.54, 1.807) is 21.3 Å². The van der Waals surface area contributed by atoms with Crippen LogP contribution >= 0.6 is 0 Å². The van der Waals surface area contributed by atoms with Gasteiger partial charge in [-0.3, -0.25) is 0 Å². The van der Waals surface area contributed by atoms with Crippen LogP contribution in [0.2, 0.25) is 0 Å². The Balaban J connectivity index is 1.89. The molecule has 2 atom stereocenters. The van der Waals surface area contributed by atoms with Crippen LogP contribution in [0.25, 0.3) is 0 Å². The maximum atomic E-state index is 6.28. The van der Waals surface area contributed by atoms with E-state index in [0.717, 1.165) is 40.4 Å². The SMILES string of the molecule is COc1ccc([C@]23OC[C@H](Cc4c2ccc(OC)c4OC)O3)cc1. The largest absolute Gasteiger partial charge is 0.497 e. The molecule has 1 saturated heterocycles. The molecule has 2 heterocycles. The van der Waals surface area contributed by atoms with Gasteiger partial charge in [0.2, 0.25) is 5.79 Å². The van der Waals surface area contributed by atoms with Gasteiger partial charge in [0.05, 0.1) is 34.0 Å². The summed E-state index contributed by atoms with van der Waals surface area (Å²) in [5.41, 5.74) is 3.00. The molecule has 2 aliphatic rings. The summed E-state index contributed by atoms with van der Waals surface area (Å²) in [6.07, 6.45) is 0.744. The summed E-state index contributed by atoms with van der Waals surface area (Å²) < 4.78 is 28.8. The number of benzene rings is 2. The molecule has 0 unspecified atom stereocenters. The van der Waals surface area contributed by atoms with Gasteiger partial charge in [-0.1, -0.05) is 0 Å². The van der Waals surface area contributed by atoms with Gasteiger partial charge in [0, 0.05) is 23.1 Å². The average Bonchev–Trinajstić information content (AvgIpc) is 2.99. The van der Waals surface area contributed by atoms with Crippen LogP contribution in [0.1, 0.15) is 16.7 Å². The van der Waals surface area contributed by atoms with Gasteiger partial charge in [0.15, 0.2) is 11.5 Å². The quantitative estimate of drug-likeness (QED) is 0.864. The van der Waals surface area contributed by atoms with Crippen LogP contribution in [0.3, 0.4) is 0 Å². The average molecular weight is 328 g/mol. The number of methoxy groups -OCH3 is 3. The van der Waals surface area contributed by atoms with Crippen molar-refractivity contribution >= 4 is 0 Å². The molecule has 126 valence electrons. The van der Waals surface area contributed by atoms with Crippen molar-refractivity contribution in [2.24, 2.45) is 0 Å². The predicted molar refractivity (Wildman–Crippen MR) is 87.8 cm³/mol. The minimum atomic E-state index is -0.899. The first-order valence-corrected chi connectivity index (χ1v) is 7.92. The maximum Gasteiger partial charge on any atom is 0.223 e. The van der Waals surface area contributed by atoms with Crippen molar-refractivity contribution in [2.45, 2.75) is 18.3 Å². The molecule has 0 aromatic heterocycles. The van der Waals surface area contributed by atoms with Crippen LogP contribution in [-0.4, -0.2) is 34.0 Å². The summed E-state index contributed by atoms with van der Waals surface area (Å²) in [5.74, 6) is 1.38. The number of ether oxygens (including phenoxy) is 5. The number of hydrogen-bond donors (Lipinski definition) is 0. The van der Waals surface area contributed by atoms with Crippen molar-refractivity contribution in [3.05, 3.63) is 53.1 Å². The predicted octanol–water partition coefficient (Wildman–Crippen LogP) is 2.89. The lowest BCUT2D eigenvalue weighted by Gasteiger charge is -2.35. The second-order valence-corrected chi connectivity index (χ2v) is 5.93. The smallest absolute Gasteiger partial charge is 0.223 e. The Hall–Kier alpha value is -2.24. The van der Waals surface area contributed by atoms with Crippen LogP contribution < -0.4 is 14.2 Å². The van der Waals surface area contributed by atoms with E-state index in [2.05, 4.69) is 0 Å². The van der Waals surface area contributed by atoms with E-state index in [0.29, 0.717) is 6.61 Å². The minimum absolute atomic E-state index is 0.000563. The monoisotopic (exact) mass is 328 g/mol. The van der Waals surface area contributed by atoms with Crippen molar-refractivity contribution in [3.63, 3.8) is 0 Å². The molecule has 2 bridgehead atoms. The van der Waals surface area contributed by atoms with E-state index in [-0.39, 0.29) is 6.10 Å². The van der Waals surface area contributed by atoms with Crippen LogP contribution in [-0.2, 0) is 21.7 Å². The molecule has 24 heavy (non-hydrogen) atoms. The third-order valence-electron chi connectivity index (χ3n) is 4.71. The summed E-state index contributed by atoms with van der Waals surface area (Å²) in [4.78, 5) is 0. The van der Waals surface area contributed by atoms with Gasteiger partial charge >= 0.3 is 0 Å². The van der Waals surface area contributed by atoms with Crippen molar-refractivity contribution in [3.8, 4) is 17.2 Å². The molecule has 0 N–H and O–H groups in total. The highest BCUT2D eigenvalue weighted by atomic mass is 16.7. The highest BCUT2D eigenvalue weighted by Gasteiger charge is 2.50. The molecule has 0 spiro atoms. The Bertz CT molecular complexity index is 755. The maximum absolute atomic E-state index is 6.28. The van der Waals surface area contributed by atoms with Gasteiger partial charge in [0.25, 0.3) is 0 Å². The first kappa shape index (κ1) is 15.3. The van der Waals surface area contributed by atoms with E-state index in [9.17, 15) is 0 Å². The van der Waals surface area contributed by atoms with Gasteiger partial charge in [-0.25, -0.2) is 0 Å². The molecule has 0 amide bonds. The lowest BCUT2D eigenvalue weighted by molar-refractivity contribution is -0.149. The molecule has 0 saturated carbocycles. The van der Waals surface area contributed by atoms with Gasteiger partial charge in [-0.15, -0.1) is 0 Å². The topological polar surface area (TPSA) is 46.2 Å². The van der Waals surface area contributed by atoms with E-state index >= 15 is 0 Å². The lowest BCUT2D eigenvalue weighted by atomic mass is 9.88. The fourth-order valence-electron chi connectivity index (χ4n) is 3.60. The van der Waals surface area contributed by atoms with Gasteiger partial charge in [0.1, 0.15) is 5.75 Å². The van der Waals surface area contributed by atoms with E-state index in [4.69, 9.17) is 23.7 Å². The molecular weight excluding hydrogens is 308 g/mol. The zero-order valence-corrected chi connectivity index (χ0v) is 14.0. The Morgan fingerprint density at radius 3 is 2.42 bits per heavy atom. The summed E-state index contributed by atoms with van der Waals surface area (Å²) >= 11 is 0. The Kier molecular flexibility index (Phi) is 3.62. The van der Waals surface area contributed by atoms with Crippen LogP contribution in [0, 0.1) is 0 Å². The molecule has 1 fully saturated rings. The van der Waals surface area contributed by atoms with Crippen LogP contribution in [0.5, 0.6) is 17.2 Å². The van der Waals surface area contributed by atoms with E-state index in [1.165, 1.54) is 0 Å².